The third-order valence-electron chi connectivity index (χ3n) is 11.8. The summed E-state index contributed by atoms with van der Waals surface area (Å²) in [5, 5.41) is 2.30. The monoisotopic (exact) mass is 783 g/mol. The molecule has 0 aliphatic carbocycles. The molecule has 0 saturated heterocycles. The Morgan fingerprint density at radius 3 is 1.25 bits per heavy atom. The van der Waals surface area contributed by atoms with E-state index in [2.05, 4.69) is 193 Å². The highest BCUT2D eigenvalue weighted by Crippen LogP contribution is 2.31. The predicted octanol–water partition coefficient (Wildman–Crippen LogP) is 8.03. The Balaban J connectivity index is 1.19. The number of hydrogen-bond donors (Lipinski definition) is 0. The van der Waals surface area contributed by atoms with Gasteiger partial charge < -0.3 is 0 Å². The molecule has 10 rings (SSSR count). The molecular weight excluding hydrogens is 740 g/mol. The number of aromatic nitrogens is 5. The second-order valence-corrected chi connectivity index (χ2v) is 16.8. The lowest BCUT2D eigenvalue weighted by Crippen LogP contribution is -2.52. The quantitative estimate of drug-likeness (QED) is 0.139. The van der Waals surface area contributed by atoms with Crippen LogP contribution in [0.5, 0.6) is 0 Å². The lowest BCUT2D eigenvalue weighted by atomic mass is 9.36. The highest BCUT2D eigenvalue weighted by atomic mass is 15.1. The van der Waals surface area contributed by atoms with Crippen LogP contribution in [-0.4, -0.2) is 37.9 Å². The van der Waals surface area contributed by atoms with Crippen LogP contribution in [0.2, 0.25) is 0 Å². The molecule has 0 saturated carbocycles. The molecule has 4 aromatic heterocycles. The topological polar surface area (TPSA) is 56.5 Å². The van der Waals surface area contributed by atoms with Crippen LogP contribution in [0, 0.1) is 0 Å². The van der Waals surface area contributed by atoms with Crippen molar-refractivity contribution in [2.45, 2.75) is 26.2 Å². The molecule has 0 spiro atoms. The molecule has 0 aliphatic heterocycles. The fourth-order valence-electron chi connectivity index (χ4n) is 8.72. The maximum Gasteiger partial charge on any atom is 0.241 e. The highest BCUT2D eigenvalue weighted by molar-refractivity contribution is 6.96. The van der Waals surface area contributed by atoms with Gasteiger partial charge in [0, 0.05) is 35.6 Å². The molecule has 0 N–H and O–H groups in total. The van der Waals surface area contributed by atoms with Crippen molar-refractivity contribution in [3.05, 3.63) is 212 Å². The maximum atomic E-state index is 5.10. The molecule has 0 aliphatic rings. The molecule has 7 heteroatoms. The van der Waals surface area contributed by atoms with E-state index in [0.717, 1.165) is 49.9 Å². The summed E-state index contributed by atoms with van der Waals surface area (Å²) in [5.41, 5.74) is 14.4. The predicted molar refractivity (Wildman–Crippen MR) is 257 cm³/mol. The molecule has 0 fully saturated rings. The first kappa shape index (κ1) is 37.9. The van der Waals surface area contributed by atoms with Crippen LogP contribution in [0.15, 0.2) is 207 Å². The van der Waals surface area contributed by atoms with Crippen LogP contribution in [0.1, 0.15) is 26.3 Å². The van der Waals surface area contributed by atoms with Crippen LogP contribution >= 0.6 is 0 Å². The van der Waals surface area contributed by atoms with Gasteiger partial charge in [-0.05, 0) is 58.5 Å². The number of pyridine rings is 2. The summed E-state index contributed by atoms with van der Waals surface area (Å²) in [6, 6.07) is 65.2. The van der Waals surface area contributed by atoms with Gasteiger partial charge in [0.25, 0.3) is 0 Å². The van der Waals surface area contributed by atoms with E-state index < -0.39 is 0 Å². The van der Waals surface area contributed by atoms with Gasteiger partial charge in [0.1, 0.15) is 0 Å². The van der Waals surface area contributed by atoms with Crippen LogP contribution in [0.3, 0.4) is 0 Å². The van der Waals surface area contributed by atoms with Gasteiger partial charge >= 0.3 is 0 Å². The van der Waals surface area contributed by atoms with Crippen molar-refractivity contribution in [3.8, 4) is 28.5 Å². The molecule has 10 aromatic rings. The maximum absolute atomic E-state index is 5.10. The molecule has 0 atom stereocenters. The van der Waals surface area contributed by atoms with Crippen LogP contribution in [-0.2, 0) is 5.41 Å². The van der Waals surface area contributed by atoms with Gasteiger partial charge in [0.05, 0.1) is 22.4 Å². The standard InChI is InChI=1S/C54H43B2N5/c1-54(2,3)40-36-59-53(60-37-40)61-51-34-45(55(41-18-6-4-7-19-41)43-22-14-16-38(32-43)49-24-10-12-30-57-49)26-28-47(51)48-29-27-46(35-52(48)61)56(42-20-8-5-9-21-42)44-23-15-17-39(33-44)50-25-11-13-31-58-50/h4-37H,1-3H3. The summed E-state index contributed by atoms with van der Waals surface area (Å²) in [5.74, 6) is 0.643. The van der Waals surface area contributed by atoms with Gasteiger partial charge in [-0.25, -0.2) is 9.97 Å². The van der Waals surface area contributed by atoms with Crippen molar-refractivity contribution in [1.29, 1.82) is 0 Å². The van der Waals surface area contributed by atoms with Crippen LogP contribution in [0.4, 0.5) is 0 Å². The van der Waals surface area contributed by atoms with Gasteiger partial charge in [-0.3, -0.25) is 14.5 Å². The minimum atomic E-state index is -0.0842. The zero-order valence-corrected chi connectivity index (χ0v) is 34.5. The van der Waals surface area contributed by atoms with E-state index in [1.165, 1.54) is 32.8 Å². The largest absolute Gasteiger partial charge is 0.278 e. The zero-order chi connectivity index (χ0) is 41.3. The molecule has 5 nitrogen and oxygen atoms in total. The second kappa shape index (κ2) is 16.0. The van der Waals surface area contributed by atoms with Crippen molar-refractivity contribution in [3.63, 3.8) is 0 Å². The number of benzene rings is 6. The molecule has 290 valence electrons. The Kier molecular flexibility index (Phi) is 9.94. The molecule has 61 heavy (non-hydrogen) atoms. The van der Waals surface area contributed by atoms with E-state index in [-0.39, 0.29) is 18.8 Å². The molecule has 0 bridgehead atoms. The lowest BCUT2D eigenvalue weighted by Gasteiger charge is -2.19. The number of rotatable bonds is 9. The van der Waals surface area contributed by atoms with Gasteiger partial charge in [0.2, 0.25) is 19.4 Å². The van der Waals surface area contributed by atoms with Crippen molar-refractivity contribution in [1.82, 2.24) is 24.5 Å². The minimum Gasteiger partial charge on any atom is -0.278 e. The zero-order valence-electron chi connectivity index (χ0n) is 34.5. The van der Waals surface area contributed by atoms with E-state index in [1.54, 1.807) is 0 Å². The Morgan fingerprint density at radius 1 is 0.393 bits per heavy atom. The second-order valence-electron chi connectivity index (χ2n) is 16.8. The average molecular weight is 784 g/mol. The van der Waals surface area contributed by atoms with E-state index in [0.29, 0.717) is 5.95 Å². The van der Waals surface area contributed by atoms with Crippen LogP contribution < -0.4 is 32.8 Å². The van der Waals surface area contributed by atoms with E-state index >= 15 is 0 Å². The van der Waals surface area contributed by atoms with E-state index in [9.17, 15) is 0 Å². The van der Waals surface area contributed by atoms with E-state index in [4.69, 9.17) is 9.97 Å². The fourth-order valence-corrected chi connectivity index (χ4v) is 8.72. The summed E-state index contributed by atoms with van der Waals surface area (Å²) in [4.78, 5) is 19.6. The normalized spacial score (nSPS) is 11.5. The number of hydrogen-bond acceptors (Lipinski definition) is 4. The number of nitrogens with zero attached hydrogens (tertiary/aromatic N) is 5. The molecule has 6 aromatic carbocycles. The molecule has 0 unspecified atom stereocenters. The molecule has 4 heterocycles. The smallest absolute Gasteiger partial charge is 0.241 e. The SMILES string of the molecule is CC(C)(C)c1cnc(-n2c3cc(B(c4ccccc4)c4cccc(-c5ccccn5)c4)ccc3c3ccc(B(c4ccccc4)c4cccc(-c5ccccn5)c4)cc32)nc1. The van der Waals surface area contributed by atoms with Crippen molar-refractivity contribution >= 4 is 68.0 Å². The molecule has 0 radical (unpaired) electrons. The fraction of sp³-hybridized carbons (Fsp3) is 0.0741. The summed E-state index contributed by atoms with van der Waals surface area (Å²) in [6.45, 7) is 6.53. The summed E-state index contributed by atoms with van der Waals surface area (Å²) < 4.78 is 2.27. The van der Waals surface area contributed by atoms with Crippen molar-refractivity contribution in [2.75, 3.05) is 0 Å². The van der Waals surface area contributed by atoms with Crippen molar-refractivity contribution in [2.24, 2.45) is 0 Å². The Labute approximate surface area is 358 Å². The highest BCUT2D eigenvalue weighted by Gasteiger charge is 2.27. The van der Waals surface area contributed by atoms with E-state index in [1.807, 2.05) is 49.1 Å². The van der Waals surface area contributed by atoms with Gasteiger partial charge in [-0.2, -0.15) is 0 Å². The third-order valence-corrected chi connectivity index (χ3v) is 11.8. The van der Waals surface area contributed by atoms with Crippen molar-refractivity contribution < 1.29 is 0 Å². The Morgan fingerprint density at radius 2 is 0.820 bits per heavy atom. The lowest BCUT2D eigenvalue weighted by molar-refractivity contribution is 0.583. The van der Waals surface area contributed by atoms with Gasteiger partial charge in [-0.1, -0.05) is 199 Å². The summed E-state index contributed by atoms with van der Waals surface area (Å²) >= 11 is 0. The summed E-state index contributed by atoms with van der Waals surface area (Å²) in [7, 11) is 0. The first-order valence-corrected chi connectivity index (χ1v) is 20.9. The molecule has 0 amide bonds. The first-order chi connectivity index (χ1) is 29.9. The number of fused-ring (bicyclic) bond motifs is 3. The van der Waals surface area contributed by atoms with Crippen LogP contribution in [0.25, 0.3) is 50.3 Å². The minimum absolute atomic E-state index is 0.0330. The van der Waals surface area contributed by atoms with Gasteiger partial charge in [-0.15, -0.1) is 0 Å². The average Bonchev–Trinajstić information content (AvgIpc) is 3.63. The third kappa shape index (κ3) is 7.44. The summed E-state index contributed by atoms with van der Waals surface area (Å²) in [6.07, 6.45) is 7.68. The Hall–Kier alpha value is -7.37. The first-order valence-electron chi connectivity index (χ1n) is 20.9. The molecular formula is C54H43B2N5. The Bertz CT molecular complexity index is 2930. The van der Waals surface area contributed by atoms with Gasteiger partial charge in [0.15, 0.2) is 0 Å².